The van der Waals surface area contributed by atoms with Crippen molar-refractivity contribution in [2.75, 3.05) is 5.73 Å². The molecule has 0 bridgehead atoms. The minimum absolute atomic E-state index is 0.561. The number of nitrogens with two attached hydrogens (primary N) is 1. The summed E-state index contributed by atoms with van der Waals surface area (Å²) in [4.78, 5) is 4.54. The van der Waals surface area contributed by atoms with Crippen LogP contribution in [0.3, 0.4) is 0 Å². The number of nitrogen functional groups attached to an aromatic ring is 1. The summed E-state index contributed by atoms with van der Waals surface area (Å²) in [5.74, 6) is 0.561. The second kappa shape index (κ2) is 4.41. The van der Waals surface area contributed by atoms with E-state index >= 15 is 0 Å². The Morgan fingerprint density at radius 1 is 1.26 bits per heavy atom. The molecule has 0 aliphatic rings. The molecule has 19 heavy (non-hydrogen) atoms. The van der Waals surface area contributed by atoms with E-state index < -0.39 is 0 Å². The van der Waals surface area contributed by atoms with Gasteiger partial charge in [-0.3, -0.25) is 4.40 Å². The Bertz CT molecular complexity index is 814. The summed E-state index contributed by atoms with van der Waals surface area (Å²) in [7, 11) is 0. The van der Waals surface area contributed by atoms with Crippen molar-refractivity contribution in [1.29, 1.82) is 5.26 Å². The van der Waals surface area contributed by atoms with Gasteiger partial charge in [0.25, 0.3) is 0 Å². The fourth-order valence-electron chi connectivity index (χ4n) is 2.00. The Morgan fingerprint density at radius 2 is 2.11 bits per heavy atom. The van der Waals surface area contributed by atoms with Crippen LogP contribution in [0.25, 0.3) is 16.9 Å². The van der Waals surface area contributed by atoms with Crippen LogP contribution in [0.15, 0.2) is 47.1 Å². The van der Waals surface area contributed by atoms with E-state index in [-0.39, 0.29) is 0 Å². The molecular formula is C14H9BrN4. The van der Waals surface area contributed by atoms with Crippen LogP contribution in [0.1, 0.15) is 5.56 Å². The van der Waals surface area contributed by atoms with Crippen molar-refractivity contribution in [3.63, 3.8) is 0 Å². The zero-order chi connectivity index (χ0) is 13.4. The maximum absolute atomic E-state index is 8.95. The fraction of sp³-hybridized carbons (Fsp3) is 0. The minimum atomic E-state index is 0.561. The highest BCUT2D eigenvalue weighted by Crippen LogP contribution is 2.29. The first kappa shape index (κ1) is 11.8. The molecule has 0 aliphatic carbocycles. The van der Waals surface area contributed by atoms with Crippen LogP contribution >= 0.6 is 15.9 Å². The van der Waals surface area contributed by atoms with E-state index in [1.165, 1.54) is 0 Å². The number of halogens is 1. The average Bonchev–Trinajstić information content (AvgIpc) is 2.78. The number of nitrogens with zero attached hydrogens (tertiary/aromatic N) is 3. The zero-order valence-corrected chi connectivity index (χ0v) is 11.4. The highest BCUT2D eigenvalue weighted by Gasteiger charge is 2.13. The molecule has 0 aliphatic heterocycles. The molecule has 2 aromatic heterocycles. The number of imidazole rings is 1. The summed E-state index contributed by atoms with van der Waals surface area (Å²) in [6, 6.07) is 13.2. The molecular weight excluding hydrogens is 304 g/mol. The van der Waals surface area contributed by atoms with Gasteiger partial charge < -0.3 is 5.73 Å². The summed E-state index contributed by atoms with van der Waals surface area (Å²) in [5, 5.41) is 8.95. The molecule has 5 heteroatoms. The van der Waals surface area contributed by atoms with Gasteiger partial charge in [0, 0.05) is 11.8 Å². The summed E-state index contributed by atoms with van der Waals surface area (Å²) in [5.41, 5.74) is 9.00. The molecule has 2 heterocycles. The number of aromatic nitrogens is 2. The minimum Gasteiger partial charge on any atom is -0.383 e. The van der Waals surface area contributed by atoms with Crippen molar-refractivity contribution >= 4 is 27.4 Å². The van der Waals surface area contributed by atoms with Gasteiger partial charge in [0.15, 0.2) is 5.65 Å². The van der Waals surface area contributed by atoms with Gasteiger partial charge in [-0.2, -0.15) is 5.26 Å². The molecule has 0 spiro atoms. The van der Waals surface area contributed by atoms with Gasteiger partial charge in [0.05, 0.1) is 16.1 Å². The van der Waals surface area contributed by atoms with Gasteiger partial charge in [-0.05, 0) is 40.2 Å². The third-order valence-electron chi connectivity index (χ3n) is 2.90. The summed E-state index contributed by atoms with van der Waals surface area (Å²) < 4.78 is 2.70. The van der Waals surface area contributed by atoms with Crippen LogP contribution in [-0.2, 0) is 0 Å². The number of hydrogen-bond donors (Lipinski definition) is 1. The zero-order valence-electron chi connectivity index (χ0n) is 9.84. The van der Waals surface area contributed by atoms with E-state index in [1.54, 1.807) is 12.1 Å². The van der Waals surface area contributed by atoms with Crippen LogP contribution in [0.4, 0.5) is 5.82 Å². The third kappa shape index (κ3) is 1.86. The number of anilines is 1. The van der Waals surface area contributed by atoms with Crippen LogP contribution < -0.4 is 5.73 Å². The van der Waals surface area contributed by atoms with E-state index in [9.17, 15) is 0 Å². The number of nitriles is 1. The highest BCUT2D eigenvalue weighted by atomic mass is 79.9. The lowest BCUT2D eigenvalue weighted by molar-refractivity contribution is 1.19. The molecule has 3 aromatic rings. The lowest BCUT2D eigenvalue weighted by atomic mass is 10.1. The fourth-order valence-corrected chi connectivity index (χ4v) is 2.43. The molecule has 0 fully saturated rings. The molecule has 4 nitrogen and oxygen atoms in total. The lowest BCUT2D eigenvalue weighted by Gasteiger charge is -1.99. The van der Waals surface area contributed by atoms with E-state index in [0.29, 0.717) is 17.1 Å². The molecule has 0 unspecified atom stereocenters. The highest BCUT2D eigenvalue weighted by molar-refractivity contribution is 9.10. The van der Waals surface area contributed by atoms with E-state index in [4.69, 9.17) is 11.0 Å². The normalized spacial score (nSPS) is 10.5. The summed E-state index contributed by atoms with van der Waals surface area (Å²) in [6.07, 6.45) is 1.86. The average molecular weight is 313 g/mol. The maximum Gasteiger partial charge on any atom is 0.153 e. The standard InChI is InChI=1S/C14H9BrN4/c15-11-5-2-6-19-13(17)12(18-14(11)19)10-4-1-3-9(7-10)8-16/h1-7H,17H2. The molecule has 0 saturated heterocycles. The van der Waals surface area contributed by atoms with Gasteiger partial charge in [0.1, 0.15) is 11.5 Å². The molecule has 0 atom stereocenters. The van der Waals surface area contributed by atoms with E-state index in [2.05, 4.69) is 27.0 Å². The second-order valence-corrected chi connectivity index (χ2v) is 4.94. The Morgan fingerprint density at radius 3 is 2.84 bits per heavy atom. The Kier molecular flexibility index (Phi) is 2.73. The van der Waals surface area contributed by atoms with E-state index in [1.807, 2.05) is 34.9 Å². The van der Waals surface area contributed by atoms with Crippen molar-refractivity contribution in [3.05, 3.63) is 52.6 Å². The second-order valence-electron chi connectivity index (χ2n) is 4.09. The van der Waals surface area contributed by atoms with Gasteiger partial charge in [-0.1, -0.05) is 12.1 Å². The maximum atomic E-state index is 8.95. The summed E-state index contributed by atoms with van der Waals surface area (Å²) in [6.45, 7) is 0. The van der Waals surface area contributed by atoms with Crippen LogP contribution in [0.2, 0.25) is 0 Å². The van der Waals surface area contributed by atoms with Crippen molar-refractivity contribution in [3.8, 4) is 17.3 Å². The molecule has 3 rings (SSSR count). The predicted molar refractivity (Wildman–Crippen MR) is 77.5 cm³/mol. The number of rotatable bonds is 1. The Hall–Kier alpha value is -2.32. The quantitative estimate of drug-likeness (QED) is 0.750. The molecule has 2 N–H and O–H groups in total. The van der Waals surface area contributed by atoms with Gasteiger partial charge in [-0.15, -0.1) is 0 Å². The van der Waals surface area contributed by atoms with Gasteiger partial charge >= 0.3 is 0 Å². The molecule has 0 radical (unpaired) electrons. The van der Waals surface area contributed by atoms with Gasteiger partial charge in [-0.25, -0.2) is 4.98 Å². The molecule has 1 aromatic carbocycles. The molecule has 0 amide bonds. The van der Waals surface area contributed by atoms with Crippen molar-refractivity contribution in [2.24, 2.45) is 0 Å². The Labute approximate surface area is 118 Å². The number of pyridine rings is 1. The van der Waals surface area contributed by atoms with Crippen LogP contribution in [-0.4, -0.2) is 9.38 Å². The van der Waals surface area contributed by atoms with Gasteiger partial charge in [0.2, 0.25) is 0 Å². The van der Waals surface area contributed by atoms with Crippen molar-refractivity contribution in [1.82, 2.24) is 9.38 Å². The smallest absolute Gasteiger partial charge is 0.153 e. The SMILES string of the molecule is N#Cc1cccc(-c2nc3c(Br)cccn3c2N)c1. The van der Waals surface area contributed by atoms with Crippen molar-refractivity contribution in [2.45, 2.75) is 0 Å². The number of benzene rings is 1. The number of hydrogen-bond acceptors (Lipinski definition) is 3. The first-order chi connectivity index (χ1) is 9.20. The van der Waals surface area contributed by atoms with Crippen molar-refractivity contribution < 1.29 is 0 Å². The topological polar surface area (TPSA) is 67.1 Å². The first-order valence-corrected chi connectivity index (χ1v) is 6.42. The van der Waals surface area contributed by atoms with E-state index in [0.717, 1.165) is 15.7 Å². The van der Waals surface area contributed by atoms with Crippen LogP contribution in [0, 0.1) is 11.3 Å². The first-order valence-electron chi connectivity index (χ1n) is 5.63. The third-order valence-corrected chi connectivity index (χ3v) is 3.52. The summed E-state index contributed by atoms with van der Waals surface area (Å²) >= 11 is 3.45. The molecule has 92 valence electrons. The van der Waals surface area contributed by atoms with Crippen LogP contribution in [0.5, 0.6) is 0 Å². The largest absolute Gasteiger partial charge is 0.383 e. The molecule has 0 saturated carbocycles. The number of fused-ring (bicyclic) bond motifs is 1. The lowest BCUT2D eigenvalue weighted by Crippen LogP contribution is -1.94. The Balaban J connectivity index is 2.28. The monoisotopic (exact) mass is 312 g/mol. The predicted octanol–water partition coefficient (Wildman–Crippen LogP) is 3.22.